The van der Waals surface area contributed by atoms with Crippen LogP contribution in [0.1, 0.15) is 41.7 Å². The second-order valence-corrected chi connectivity index (χ2v) is 8.99. The number of nitrogens with one attached hydrogen (secondary N) is 2. The minimum Gasteiger partial charge on any atom is -0.371 e. The van der Waals surface area contributed by atoms with Crippen LogP contribution in [0.5, 0.6) is 0 Å². The van der Waals surface area contributed by atoms with E-state index in [2.05, 4.69) is 23.8 Å². The average Bonchev–Trinajstić information content (AvgIpc) is 3.23. The number of halogens is 6. The number of hydrogen-bond donors (Lipinski definition) is 2. The van der Waals surface area contributed by atoms with Gasteiger partial charge in [-0.2, -0.15) is 26.3 Å². The van der Waals surface area contributed by atoms with Crippen LogP contribution in [0.25, 0.3) is 0 Å². The van der Waals surface area contributed by atoms with Crippen molar-refractivity contribution in [1.29, 1.82) is 0 Å². The highest BCUT2D eigenvalue weighted by Gasteiger charge is 2.38. The molecule has 1 heterocycles. The molecule has 2 aromatic carbocycles. The van der Waals surface area contributed by atoms with Gasteiger partial charge in [0.25, 0.3) is 0 Å². The third-order valence-electron chi connectivity index (χ3n) is 6.50. The molecule has 0 spiro atoms. The van der Waals surface area contributed by atoms with Crippen molar-refractivity contribution in [3.8, 4) is 0 Å². The Hall–Kier alpha value is -3.11. The number of carbonyl (C=O) groups excluding carboxylic acids is 1. The van der Waals surface area contributed by atoms with Gasteiger partial charge in [0.1, 0.15) is 0 Å². The predicted octanol–water partition coefficient (Wildman–Crippen LogP) is 6.16. The van der Waals surface area contributed by atoms with E-state index in [9.17, 15) is 31.1 Å². The highest BCUT2D eigenvalue weighted by Crippen LogP contribution is 2.38. The highest BCUT2D eigenvalue weighted by atomic mass is 19.4. The fourth-order valence-electron chi connectivity index (χ4n) is 4.26. The van der Waals surface area contributed by atoms with Crippen LogP contribution in [0.3, 0.4) is 0 Å². The van der Waals surface area contributed by atoms with Gasteiger partial charge in [0.15, 0.2) is 0 Å². The minimum absolute atomic E-state index is 0.0850. The molecule has 0 radical (unpaired) electrons. The molecule has 0 aromatic heterocycles. The summed E-state index contributed by atoms with van der Waals surface area (Å²) in [5.74, 6) is -0.223. The third-order valence-corrected chi connectivity index (χ3v) is 6.50. The van der Waals surface area contributed by atoms with E-state index >= 15 is 0 Å². The van der Waals surface area contributed by atoms with Crippen molar-refractivity contribution in [2.45, 2.75) is 43.4 Å². The number of amides is 1. The SMILES string of the molecule is C=C[C@@H]1CC(=O)N[C@H]1CN[C@](C=C)(CO[C@H](C)c1cc(C(F)(F)F)cc(C(F)(F)F)c1)c1ccccc1. The Labute approximate surface area is 211 Å². The Balaban J connectivity index is 1.88. The number of rotatable bonds is 10. The lowest BCUT2D eigenvalue weighted by atomic mass is 9.89. The third kappa shape index (κ3) is 6.81. The maximum absolute atomic E-state index is 13.3. The molecule has 2 N–H and O–H groups in total. The van der Waals surface area contributed by atoms with Gasteiger partial charge in [0.2, 0.25) is 5.91 Å². The summed E-state index contributed by atoms with van der Waals surface area (Å²) in [6.45, 7) is 9.20. The maximum atomic E-state index is 13.3. The summed E-state index contributed by atoms with van der Waals surface area (Å²) in [7, 11) is 0. The largest absolute Gasteiger partial charge is 0.416 e. The molecule has 0 aliphatic carbocycles. The van der Waals surface area contributed by atoms with Crippen LogP contribution in [0.15, 0.2) is 73.8 Å². The van der Waals surface area contributed by atoms with E-state index in [0.29, 0.717) is 25.1 Å². The summed E-state index contributed by atoms with van der Waals surface area (Å²) < 4.78 is 85.8. The average molecular weight is 527 g/mol. The van der Waals surface area contributed by atoms with Gasteiger partial charge in [-0.25, -0.2) is 0 Å². The topological polar surface area (TPSA) is 50.4 Å². The minimum atomic E-state index is -4.96. The van der Waals surface area contributed by atoms with Crippen molar-refractivity contribution >= 4 is 5.91 Å². The number of benzene rings is 2. The zero-order chi connectivity index (χ0) is 27.4. The fourth-order valence-corrected chi connectivity index (χ4v) is 4.26. The molecular formula is C27H28F6N2O2. The summed E-state index contributed by atoms with van der Waals surface area (Å²) in [4.78, 5) is 11.9. The second kappa shape index (κ2) is 11.1. The molecule has 1 saturated heterocycles. The van der Waals surface area contributed by atoms with Gasteiger partial charge in [-0.05, 0) is 36.2 Å². The summed E-state index contributed by atoms with van der Waals surface area (Å²) >= 11 is 0. The standard InChI is InChI=1S/C27H28F6N2O2/c1-4-18-13-24(36)35-23(18)15-34-25(5-2,20-9-7-6-8-10-20)16-37-17(3)19-11-21(26(28,29)30)14-22(12-19)27(31,32)33/h4-12,14,17-18,23,34H,1-2,13,15-16H2,3H3,(H,35,36)/t17-,18-,23+,25-/m1/s1. The summed E-state index contributed by atoms with van der Waals surface area (Å²) in [6.07, 6.45) is -7.47. The second-order valence-electron chi connectivity index (χ2n) is 8.99. The molecule has 1 aliphatic heterocycles. The van der Waals surface area contributed by atoms with Crippen LogP contribution >= 0.6 is 0 Å². The molecule has 0 bridgehead atoms. The van der Waals surface area contributed by atoms with Crippen molar-refractivity contribution in [3.05, 3.63) is 96.1 Å². The van der Waals surface area contributed by atoms with Gasteiger partial charge in [-0.3, -0.25) is 4.79 Å². The molecule has 1 fully saturated rings. The van der Waals surface area contributed by atoms with E-state index in [1.165, 1.54) is 6.92 Å². The maximum Gasteiger partial charge on any atom is 0.416 e. The monoisotopic (exact) mass is 526 g/mol. The fraction of sp³-hybridized carbons (Fsp3) is 0.370. The van der Waals surface area contributed by atoms with E-state index in [-0.39, 0.29) is 36.1 Å². The lowest BCUT2D eigenvalue weighted by Crippen LogP contribution is -2.50. The molecule has 3 rings (SSSR count). The highest BCUT2D eigenvalue weighted by molar-refractivity contribution is 5.79. The van der Waals surface area contributed by atoms with E-state index in [1.807, 2.05) is 0 Å². The Kier molecular flexibility index (Phi) is 8.54. The van der Waals surface area contributed by atoms with E-state index in [4.69, 9.17) is 4.74 Å². The Bertz CT molecular complexity index is 1080. The first-order chi connectivity index (χ1) is 17.3. The van der Waals surface area contributed by atoms with Gasteiger partial charge >= 0.3 is 12.4 Å². The van der Waals surface area contributed by atoms with E-state index in [1.54, 1.807) is 42.5 Å². The van der Waals surface area contributed by atoms with Crippen molar-refractivity contribution in [2.24, 2.45) is 5.92 Å². The molecule has 1 amide bonds. The first kappa shape index (κ1) is 28.5. The molecule has 0 saturated carbocycles. The first-order valence-electron chi connectivity index (χ1n) is 11.6. The van der Waals surface area contributed by atoms with Crippen molar-refractivity contribution in [2.75, 3.05) is 13.2 Å². The molecule has 200 valence electrons. The van der Waals surface area contributed by atoms with Crippen LogP contribution in [0, 0.1) is 5.92 Å². The van der Waals surface area contributed by atoms with Crippen molar-refractivity contribution in [3.63, 3.8) is 0 Å². The number of carbonyl (C=O) groups is 1. The van der Waals surface area contributed by atoms with Crippen LogP contribution in [0.4, 0.5) is 26.3 Å². The first-order valence-corrected chi connectivity index (χ1v) is 11.6. The van der Waals surface area contributed by atoms with Crippen molar-refractivity contribution in [1.82, 2.24) is 10.6 Å². The quantitative estimate of drug-likeness (QED) is 0.288. The van der Waals surface area contributed by atoms with Gasteiger partial charge in [-0.15, -0.1) is 13.2 Å². The van der Waals surface area contributed by atoms with Crippen LogP contribution in [-0.2, 0) is 27.4 Å². The zero-order valence-electron chi connectivity index (χ0n) is 20.1. The lowest BCUT2D eigenvalue weighted by Gasteiger charge is -2.35. The molecule has 4 atom stereocenters. The van der Waals surface area contributed by atoms with Gasteiger partial charge in [0, 0.05) is 24.9 Å². The zero-order valence-corrected chi connectivity index (χ0v) is 20.1. The molecule has 0 unspecified atom stereocenters. The molecule has 1 aliphatic rings. The molecule has 10 heteroatoms. The smallest absolute Gasteiger partial charge is 0.371 e. The van der Waals surface area contributed by atoms with Crippen LogP contribution < -0.4 is 10.6 Å². The summed E-state index contributed by atoms with van der Waals surface area (Å²) in [6, 6.07) is 10.1. The summed E-state index contributed by atoms with van der Waals surface area (Å²) in [5.41, 5.74) is -3.41. The molecule has 37 heavy (non-hydrogen) atoms. The molecule has 4 nitrogen and oxygen atoms in total. The molecule has 2 aromatic rings. The Morgan fingerprint density at radius 1 is 1.03 bits per heavy atom. The number of alkyl halides is 6. The Morgan fingerprint density at radius 3 is 2.14 bits per heavy atom. The summed E-state index contributed by atoms with van der Waals surface area (Å²) in [5, 5.41) is 6.21. The number of ether oxygens (including phenoxy) is 1. The normalized spacial score (nSPS) is 20.7. The van der Waals surface area contributed by atoms with Gasteiger partial charge < -0.3 is 15.4 Å². The molecular weight excluding hydrogens is 498 g/mol. The van der Waals surface area contributed by atoms with Gasteiger partial charge in [-0.1, -0.05) is 42.5 Å². The van der Waals surface area contributed by atoms with E-state index < -0.39 is 35.1 Å². The predicted molar refractivity (Wildman–Crippen MR) is 127 cm³/mol. The van der Waals surface area contributed by atoms with Crippen LogP contribution in [-0.4, -0.2) is 25.1 Å². The number of hydrogen-bond acceptors (Lipinski definition) is 3. The van der Waals surface area contributed by atoms with Gasteiger partial charge in [0.05, 0.1) is 29.4 Å². The van der Waals surface area contributed by atoms with Crippen molar-refractivity contribution < 1.29 is 35.9 Å². The van der Waals surface area contributed by atoms with E-state index in [0.717, 1.165) is 5.56 Å². The lowest BCUT2D eigenvalue weighted by molar-refractivity contribution is -0.143. The van der Waals surface area contributed by atoms with Crippen LogP contribution in [0.2, 0.25) is 0 Å². The Morgan fingerprint density at radius 2 is 1.62 bits per heavy atom.